The van der Waals surface area contributed by atoms with Crippen LogP contribution >= 0.6 is 0 Å². The number of unbranched alkanes of at least 4 members (excludes halogenated alkanes) is 4. The summed E-state index contributed by atoms with van der Waals surface area (Å²) < 4.78 is 0. The zero-order valence-electron chi connectivity index (χ0n) is 8.19. The summed E-state index contributed by atoms with van der Waals surface area (Å²) in [6, 6.07) is 0. The van der Waals surface area contributed by atoms with Crippen molar-refractivity contribution in [1.29, 1.82) is 0 Å². The standard InChI is InChI=1S/C9H22N2/c1-4-5-6-7-8-9-11(3)10-2/h10H,4-9H2,1-3H3. The molecule has 0 amide bonds. The lowest BCUT2D eigenvalue weighted by Gasteiger charge is -2.13. The Bertz CT molecular complexity index is 74.0. The molecule has 0 atom stereocenters. The van der Waals surface area contributed by atoms with Crippen LogP contribution in [-0.4, -0.2) is 25.6 Å². The van der Waals surface area contributed by atoms with E-state index in [0.29, 0.717) is 0 Å². The minimum absolute atomic E-state index is 1.17. The molecule has 0 aliphatic carbocycles. The first-order valence-electron chi connectivity index (χ1n) is 4.69. The molecule has 0 aliphatic rings. The van der Waals surface area contributed by atoms with Gasteiger partial charge in [-0.05, 0) is 13.5 Å². The van der Waals surface area contributed by atoms with E-state index in [-0.39, 0.29) is 0 Å². The van der Waals surface area contributed by atoms with Crippen molar-refractivity contribution < 1.29 is 0 Å². The van der Waals surface area contributed by atoms with Crippen LogP contribution in [0.3, 0.4) is 0 Å². The van der Waals surface area contributed by atoms with E-state index in [9.17, 15) is 0 Å². The predicted octanol–water partition coefficient (Wildman–Crippen LogP) is 2.02. The highest BCUT2D eigenvalue weighted by molar-refractivity contribution is 4.45. The number of hydrogen-bond donors (Lipinski definition) is 1. The predicted molar refractivity (Wildman–Crippen MR) is 50.4 cm³/mol. The van der Waals surface area contributed by atoms with Gasteiger partial charge < -0.3 is 0 Å². The van der Waals surface area contributed by atoms with Gasteiger partial charge in [-0.1, -0.05) is 32.6 Å². The van der Waals surface area contributed by atoms with Crippen molar-refractivity contribution in [2.45, 2.75) is 39.0 Å². The Morgan fingerprint density at radius 3 is 2.27 bits per heavy atom. The molecule has 0 saturated heterocycles. The molecule has 0 rings (SSSR count). The molecule has 0 radical (unpaired) electrons. The number of nitrogens with one attached hydrogen (secondary N) is 1. The Kier molecular flexibility index (Phi) is 7.96. The van der Waals surface area contributed by atoms with E-state index < -0.39 is 0 Å². The second-order valence-corrected chi connectivity index (χ2v) is 3.06. The maximum atomic E-state index is 3.09. The SMILES string of the molecule is CCCCCCCN(C)NC. The van der Waals surface area contributed by atoms with Gasteiger partial charge in [-0.3, -0.25) is 5.43 Å². The smallest absolute Gasteiger partial charge is 0.0127 e. The topological polar surface area (TPSA) is 15.3 Å². The average molecular weight is 158 g/mol. The van der Waals surface area contributed by atoms with E-state index in [0.717, 1.165) is 0 Å². The summed E-state index contributed by atoms with van der Waals surface area (Å²) in [6.07, 6.45) is 6.82. The van der Waals surface area contributed by atoms with Gasteiger partial charge >= 0.3 is 0 Å². The fourth-order valence-corrected chi connectivity index (χ4v) is 1.06. The lowest BCUT2D eigenvalue weighted by Crippen LogP contribution is -2.31. The molecule has 68 valence electrons. The van der Waals surface area contributed by atoms with Gasteiger partial charge in [0.2, 0.25) is 0 Å². The van der Waals surface area contributed by atoms with Gasteiger partial charge in [0.05, 0.1) is 0 Å². The van der Waals surface area contributed by atoms with E-state index in [1.165, 1.54) is 38.6 Å². The van der Waals surface area contributed by atoms with Gasteiger partial charge in [0.15, 0.2) is 0 Å². The normalized spacial score (nSPS) is 10.9. The minimum atomic E-state index is 1.17. The molecule has 0 aliphatic heterocycles. The van der Waals surface area contributed by atoms with Gasteiger partial charge in [0.25, 0.3) is 0 Å². The molecule has 2 nitrogen and oxygen atoms in total. The van der Waals surface area contributed by atoms with Gasteiger partial charge in [0.1, 0.15) is 0 Å². The number of hydrazine groups is 1. The van der Waals surface area contributed by atoms with Crippen molar-refractivity contribution >= 4 is 0 Å². The van der Waals surface area contributed by atoms with E-state index in [1.807, 2.05) is 7.05 Å². The quantitative estimate of drug-likeness (QED) is 0.450. The highest BCUT2D eigenvalue weighted by Gasteiger charge is 1.92. The lowest BCUT2D eigenvalue weighted by molar-refractivity contribution is 0.254. The molecule has 0 aromatic carbocycles. The molecule has 11 heavy (non-hydrogen) atoms. The second-order valence-electron chi connectivity index (χ2n) is 3.06. The molecule has 0 bridgehead atoms. The Hall–Kier alpha value is -0.0800. The van der Waals surface area contributed by atoms with Crippen LogP contribution in [0.5, 0.6) is 0 Å². The van der Waals surface area contributed by atoms with Crippen LogP contribution in [-0.2, 0) is 0 Å². The van der Waals surface area contributed by atoms with E-state index in [2.05, 4.69) is 24.4 Å². The second kappa shape index (κ2) is 8.02. The summed E-state index contributed by atoms with van der Waals surface area (Å²) in [5.41, 5.74) is 3.09. The minimum Gasteiger partial charge on any atom is -0.259 e. The van der Waals surface area contributed by atoms with Crippen molar-refractivity contribution in [1.82, 2.24) is 10.4 Å². The Morgan fingerprint density at radius 2 is 1.73 bits per heavy atom. The highest BCUT2D eigenvalue weighted by atomic mass is 15.5. The van der Waals surface area contributed by atoms with E-state index >= 15 is 0 Å². The molecule has 0 fully saturated rings. The third kappa shape index (κ3) is 7.82. The zero-order chi connectivity index (χ0) is 8.53. The summed E-state index contributed by atoms with van der Waals surface area (Å²) in [5.74, 6) is 0. The van der Waals surface area contributed by atoms with Crippen molar-refractivity contribution in [2.24, 2.45) is 0 Å². The molecule has 0 aromatic heterocycles. The molecule has 2 heteroatoms. The Labute approximate surface area is 70.9 Å². The van der Waals surface area contributed by atoms with Gasteiger partial charge in [-0.15, -0.1) is 0 Å². The number of rotatable bonds is 7. The van der Waals surface area contributed by atoms with Crippen LogP contribution in [0, 0.1) is 0 Å². The van der Waals surface area contributed by atoms with E-state index in [4.69, 9.17) is 0 Å². The molecular formula is C9H22N2. The van der Waals surface area contributed by atoms with Crippen LogP contribution in [0.25, 0.3) is 0 Å². The summed E-state index contributed by atoms with van der Waals surface area (Å²) in [5, 5.41) is 2.13. The van der Waals surface area contributed by atoms with Crippen LogP contribution < -0.4 is 5.43 Å². The van der Waals surface area contributed by atoms with E-state index in [1.54, 1.807) is 0 Å². The molecule has 1 N–H and O–H groups in total. The molecule has 0 heterocycles. The van der Waals surface area contributed by atoms with Crippen LogP contribution in [0.15, 0.2) is 0 Å². The lowest BCUT2D eigenvalue weighted by atomic mass is 10.1. The summed E-state index contributed by atoms with van der Waals surface area (Å²) >= 11 is 0. The van der Waals surface area contributed by atoms with Crippen molar-refractivity contribution in [3.05, 3.63) is 0 Å². The number of hydrogen-bond acceptors (Lipinski definition) is 2. The average Bonchev–Trinajstić information content (AvgIpc) is 2.04. The van der Waals surface area contributed by atoms with Gasteiger partial charge in [-0.2, -0.15) is 0 Å². The maximum absolute atomic E-state index is 3.09. The number of nitrogens with zero attached hydrogens (tertiary/aromatic N) is 1. The molecular weight excluding hydrogens is 136 g/mol. The summed E-state index contributed by atoms with van der Waals surface area (Å²) in [4.78, 5) is 0. The van der Waals surface area contributed by atoms with Crippen molar-refractivity contribution in [2.75, 3.05) is 20.6 Å². The van der Waals surface area contributed by atoms with Crippen LogP contribution in [0.1, 0.15) is 39.0 Å². The molecule has 0 spiro atoms. The Morgan fingerprint density at radius 1 is 1.09 bits per heavy atom. The Balaban J connectivity index is 2.89. The first-order chi connectivity index (χ1) is 5.31. The van der Waals surface area contributed by atoms with Crippen molar-refractivity contribution in [3.8, 4) is 0 Å². The summed E-state index contributed by atoms with van der Waals surface area (Å²) in [6.45, 7) is 3.42. The highest BCUT2D eigenvalue weighted by Crippen LogP contribution is 2.01. The molecule has 0 unspecified atom stereocenters. The van der Waals surface area contributed by atoms with Gasteiger partial charge in [-0.25, -0.2) is 5.01 Å². The third-order valence-electron chi connectivity index (χ3n) is 1.98. The van der Waals surface area contributed by atoms with Crippen LogP contribution in [0.2, 0.25) is 0 Å². The maximum Gasteiger partial charge on any atom is 0.0127 e. The monoisotopic (exact) mass is 158 g/mol. The van der Waals surface area contributed by atoms with Crippen LogP contribution in [0.4, 0.5) is 0 Å². The summed E-state index contributed by atoms with van der Waals surface area (Å²) in [7, 11) is 4.05. The largest absolute Gasteiger partial charge is 0.259 e. The van der Waals surface area contributed by atoms with Crippen molar-refractivity contribution in [3.63, 3.8) is 0 Å². The first kappa shape index (κ1) is 10.9. The fraction of sp³-hybridized carbons (Fsp3) is 1.00. The fourth-order valence-electron chi connectivity index (χ4n) is 1.06. The zero-order valence-corrected chi connectivity index (χ0v) is 8.19. The molecule has 0 saturated carbocycles. The third-order valence-corrected chi connectivity index (χ3v) is 1.98. The first-order valence-corrected chi connectivity index (χ1v) is 4.69. The van der Waals surface area contributed by atoms with Gasteiger partial charge in [0, 0.05) is 13.6 Å². The molecule has 0 aromatic rings.